The summed E-state index contributed by atoms with van der Waals surface area (Å²) >= 11 is 0. The van der Waals surface area contributed by atoms with Crippen molar-refractivity contribution in [3.8, 4) is 0 Å². The SMILES string of the molecule is Nc1c2ccccc2nc2ccccc12.Nc1c2ccccc2nc2ccccc12. The molecule has 0 unspecified atom stereocenters. The van der Waals surface area contributed by atoms with Gasteiger partial charge in [-0.05, 0) is 24.3 Å². The highest BCUT2D eigenvalue weighted by atomic mass is 14.7. The number of anilines is 2. The van der Waals surface area contributed by atoms with Crippen LogP contribution < -0.4 is 11.5 Å². The van der Waals surface area contributed by atoms with Gasteiger partial charge < -0.3 is 11.5 Å². The molecule has 0 aliphatic rings. The molecule has 0 saturated heterocycles. The van der Waals surface area contributed by atoms with Gasteiger partial charge in [0.15, 0.2) is 0 Å². The van der Waals surface area contributed by atoms with Crippen LogP contribution in [-0.2, 0) is 0 Å². The zero-order valence-electron chi connectivity index (χ0n) is 16.3. The van der Waals surface area contributed by atoms with Crippen LogP contribution in [0.5, 0.6) is 0 Å². The monoisotopic (exact) mass is 388 g/mol. The molecular weight excluding hydrogens is 368 g/mol. The van der Waals surface area contributed by atoms with E-state index < -0.39 is 0 Å². The minimum Gasteiger partial charge on any atom is -0.398 e. The van der Waals surface area contributed by atoms with E-state index in [2.05, 4.69) is 9.97 Å². The van der Waals surface area contributed by atoms with Crippen molar-refractivity contribution in [2.24, 2.45) is 0 Å². The van der Waals surface area contributed by atoms with Crippen molar-refractivity contribution < 1.29 is 0 Å². The van der Waals surface area contributed by atoms with E-state index in [0.717, 1.165) is 55.0 Å². The lowest BCUT2D eigenvalue weighted by Crippen LogP contribution is -1.91. The lowest BCUT2D eigenvalue weighted by Gasteiger charge is -2.05. The molecule has 0 aliphatic heterocycles. The Hall–Kier alpha value is -4.18. The van der Waals surface area contributed by atoms with Crippen molar-refractivity contribution in [2.45, 2.75) is 0 Å². The Bertz CT molecular complexity index is 1300. The molecule has 0 saturated carbocycles. The van der Waals surface area contributed by atoms with Crippen molar-refractivity contribution in [2.75, 3.05) is 11.5 Å². The number of nitrogen functional groups attached to an aromatic ring is 2. The van der Waals surface area contributed by atoms with Crippen LogP contribution in [0.4, 0.5) is 11.4 Å². The van der Waals surface area contributed by atoms with E-state index in [9.17, 15) is 0 Å². The lowest BCUT2D eigenvalue weighted by atomic mass is 10.1. The Morgan fingerprint density at radius 3 is 0.867 bits per heavy atom. The van der Waals surface area contributed by atoms with Gasteiger partial charge in [-0.2, -0.15) is 0 Å². The van der Waals surface area contributed by atoms with E-state index in [1.807, 2.05) is 97.1 Å². The van der Waals surface area contributed by atoms with E-state index in [1.165, 1.54) is 0 Å². The molecule has 0 aliphatic carbocycles. The first-order valence-electron chi connectivity index (χ1n) is 9.78. The maximum atomic E-state index is 6.11. The maximum absolute atomic E-state index is 6.11. The fourth-order valence-corrected chi connectivity index (χ4v) is 3.75. The molecular formula is C26H20N4. The van der Waals surface area contributed by atoms with Crippen LogP contribution in [0.15, 0.2) is 97.1 Å². The van der Waals surface area contributed by atoms with Gasteiger partial charge in [0.2, 0.25) is 0 Å². The molecule has 0 atom stereocenters. The summed E-state index contributed by atoms with van der Waals surface area (Å²) in [7, 11) is 0. The van der Waals surface area contributed by atoms with E-state index in [4.69, 9.17) is 11.5 Å². The molecule has 6 rings (SSSR count). The van der Waals surface area contributed by atoms with Crippen LogP contribution >= 0.6 is 0 Å². The first-order valence-corrected chi connectivity index (χ1v) is 9.78. The number of hydrogen-bond donors (Lipinski definition) is 2. The van der Waals surface area contributed by atoms with Crippen LogP contribution in [-0.4, -0.2) is 9.97 Å². The minimum absolute atomic E-state index is 0.816. The molecule has 0 radical (unpaired) electrons. The third-order valence-corrected chi connectivity index (χ3v) is 5.26. The van der Waals surface area contributed by atoms with Crippen molar-refractivity contribution >= 4 is 55.0 Å². The second kappa shape index (κ2) is 7.33. The summed E-state index contributed by atoms with van der Waals surface area (Å²) in [5.74, 6) is 0. The standard InChI is InChI=1S/2C13H10N2/c2*14-13-9-5-1-3-7-11(9)15-12-8-4-2-6-10(12)13/h2*1-8H,(H2,14,15). The summed E-state index contributed by atoms with van der Waals surface area (Å²) in [6, 6.07) is 31.8. The van der Waals surface area contributed by atoms with Gasteiger partial charge in [0.1, 0.15) is 0 Å². The molecule has 0 spiro atoms. The average Bonchev–Trinajstić information content (AvgIpc) is 2.80. The fourth-order valence-electron chi connectivity index (χ4n) is 3.75. The number of benzene rings is 4. The summed E-state index contributed by atoms with van der Waals surface area (Å²) in [6.07, 6.45) is 0. The van der Waals surface area contributed by atoms with E-state index in [0.29, 0.717) is 0 Å². The predicted octanol–water partition coefficient (Wildman–Crippen LogP) is 5.94. The van der Waals surface area contributed by atoms with Gasteiger partial charge in [0, 0.05) is 21.5 Å². The quantitative estimate of drug-likeness (QED) is 0.316. The number of nitrogens with two attached hydrogens (primary N) is 2. The largest absolute Gasteiger partial charge is 0.398 e. The molecule has 4 N–H and O–H groups in total. The molecule has 6 aromatic rings. The van der Waals surface area contributed by atoms with Crippen molar-refractivity contribution in [1.29, 1.82) is 0 Å². The third-order valence-electron chi connectivity index (χ3n) is 5.26. The van der Waals surface area contributed by atoms with Crippen LogP contribution in [0.2, 0.25) is 0 Å². The summed E-state index contributed by atoms with van der Waals surface area (Å²) in [5, 5.41) is 4.10. The highest BCUT2D eigenvalue weighted by molar-refractivity contribution is 6.07. The van der Waals surface area contributed by atoms with Gasteiger partial charge >= 0.3 is 0 Å². The fraction of sp³-hybridized carbons (Fsp3) is 0. The summed E-state index contributed by atoms with van der Waals surface area (Å²) in [5.41, 5.74) is 17.7. The third kappa shape index (κ3) is 3.05. The highest BCUT2D eigenvalue weighted by Gasteiger charge is 2.05. The second-order valence-electron chi connectivity index (χ2n) is 7.12. The summed E-state index contributed by atoms with van der Waals surface area (Å²) < 4.78 is 0. The number of aromatic nitrogens is 2. The van der Waals surface area contributed by atoms with Crippen LogP contribution in [0.25, 0.3) is 43.6 Å². The summed E-state index contributed by atoms with van der Waals surface area (Å²) in [6.45, 7) is 0. The zero-order valence-corrected chi connectivity index (χ0v) is 16.3. The topological polar surface area (TPSA) is 77.8 Å². The van der Waals surface area contributed by atoms with Gasteiger partial charge in [-0.15, -0.1) is 0 Å². The Morgan fingerprint density at radius 1 is 0.367 bits per heavy atom. The van der Waals surface area contributed by atoms with Crippen molar-refractivity contribution in [3.63, 3.8) is 0 Å². The summed E-state index contributed by atoms with van der Waals surface area (Å²) in [4.78, 5) is 9.12. The molecule has 0 bridgehead atoms. The van der Waals surface area contributed by atoms with E-state index in [-0.39, 0.29) is 0 Å². The zero-order chi connectivity index (χ0) is 20.5. The van der Waals surface area contributed by atoms with Gasteiger partial charge in [0.05, 0.1) is 33.4 Å². The van der Waals surface area contributed by atoms with Gasteiger partial charge in [-0.25, -0.2) is 9.97 Å². The molecule has 144 valence electrons. The van der Waals surface area contributed by atoms with Crippen LogP contribution in [0, 0.1) is 0 Å². The smallest absolute Gasteiger partial charge is 0.0730 e. The maximum Gasteiger partial charge on any atom is 0.0730 e. The number of rotatable bonds is 0. The molecule has 30 heavy (non-hydrogen) atoms. The first kappa shape index (κ1) is 17.9. The number of para-hydroxylation sites is 4. The second-order valence-corrected chi connectivity index (χ2v) is 7.12. The Kier molecular flexibility index (Phi) is 4.37. The normalized spacial score (nSPS) is 10.9. The Balaban J connectivity index is 0.000000128. The molecule has 2 heterocycles. The number of nitrogens with zero attached hydrogens (tertiary/aromatic N) is 2. The molecule has 4 nitrogen and oxygen atoms in total. The number of fused-ring (bicyclic) bond motifs is 4. The minimum atomic E-state index is 0.816. The lowest BCUT2D eigenvalue weighted by molar-refractivity contribution is 1.50. The van der Waals surface area contributed by atoms with Crippen LogP contribution in [0.1, 0.15) is 0 Å². The molecule has 0 amide bonds. The highest BCUT2D eigenvalue weighted by Crippen LogP contribution is 2.28. The number of pyridine rings is 2. The van der Waals surface area contributed by atoms with Crippen molar-refractivity contribution in [1.82, 2.24) is 9.97 Å². The number of hydrogen-bond acceptors (Lipinski definition) is 4. The van der Waals surface area contributed by atoms with Gasteiger partial charge in [-0.1, -0.05) is 72.8 Å². The molecule has 0 fully saturated rings. The molecule has 2 aromatic heterocycles. The van der Waals surface area contributed by atoms with Gasteiger partial charge in [0.25, 0.3) is 0 Å². The molecule has 4 heteroatoms. The Morgan fingerprint density at radius 2 is 0.600 bits per heavy atom. The molecule has 4 aromatic carbocycles. The van der Waals surface area contributed by atoms with Crippen LogP contribution in [0.3, 0.4) is 0 Å². The van der Waals surface area contributed by atoms with Gasteiger partial charge in [-0.3, -0.25) is 0 Å². The first-order chi connectivity index (χ1) is 14.7. The Labute approximate surface area is 173 Å². The average molecular weight is 388 g/mol. The predicted molar refractivity (Wildman–Crippen MR) is 127 cm³/mol. The van der Waals surface area contributed by atoms with Crippen molar-refractivity contribution in [3.05, 3.63) is 97.1 Å². The van der Waals surface area contributed by atoms with E-state index >= 15 is 0 Å². The van der Waals surface area contributed by atoms with E-state index in [1.54, 1.807) is 0 Å².